The second-order valence-electron chi connectivity index (χ2n) is 16.0. The summed E-state index contributed by atoms with van der Waals surface area (Å²) in [6, 6.07) is 6.29. The first kappa shape index (κ1) is 37.0. The van der Waals surface area contributed by atoms with E-state index >= 15 is 0 Å². The van der Waals surface area contributed by atoms with E-state index in [9.17, 15) is 32.4 Å². The average Bonchev–Trinajstić information content (AvgIpc) is 4.09. The van der Waals surface area contributed by atoms with E-state index in [0.717, 1.165) is 31.2 Å². The van der Waals surface area contributed by atoms with E-state index in [1.54, 1.807) is 12.3 Å². The third-order valence-corrected chi connectivity index (χ3v) is 13.5. The number of pyridine rings is 1. The number of fused-ring (bicyclic) bond motifs is 8. The van der Waals surface area contributed by atoms with Gasteiger partial charge in [0.1, 0.15) is 30.0 Å². The zero-order chi connectivity index (χ0) is 38.4. The second-order valence-corrected chi connectivity index (χ2v) is 17.9. The van der Waals surface area contributed by atoms with Gasteiger partial charge >= 0.3 is 6.09 Å². The summed E-state index contributed by atoms with van der Waals surface area (Å²) in [5, 5.41) is 7.94. The maximum Gasteiger partial charge on any atom is 0.407 e. The van der Waals surface area contributed by atoms with E-state index in [0.29, 0.717) is 43.6 Å². The van der Waals surface area contributed by atoms with Crippen LogP contribution in [0, 0.1) is 11.3 Å². The van der Waals surface area contributed by atoms with Crippen molar-refractivity contribution in [3.63, 3.8) is 0 Å². The van der Waals surface area contributed by atoms with Crippen LogP contribution < -0.4 is 25.4 Å². The Bertz CT molecular complexity index is 2030. The summed E-state index contributed by atoms with van der Waals surface area (Å²) in [7, 11) is -3.91. The average molecular weight is 775 g/mol. The summed E-state index contributed by atoms with van der Waals surface area (Å²) in [6.45, 7) is 0.368. The Morgan fingerprint density at radius 2 is 1.73 bits per heavy atom. The van der Waals surface area contributed by atoms with Crippen molar-refractivity contribution >= 4 is 39.7 Å². The number of carbonyl (C=O) groups is 5. The molecule has 55 heavy (non-hydrogen) atoms. The van der Waals surface area contributed by atoms with Crippen molar-refractivity contribution < 1.29 is 41.9 Å². The maximum absolute atomic E-state index is 14.5. The lowest BCUT2D eigenvalue weighted by atomic mass is 10.0. The quantitative estimate of drug-likeness (QED) is 0.336. The Morgan fingerprint density at radius 1 is 0.927 bits per heavy atom. The molecule has 6 aliphatic rings. The lowest BCUT2D eigenvalue weighted by molar-refractivity contribution is -0.141. The number of rotatable bonds is 3. The largest absolute Gasteiger partial charge is 0.493 e. The lowest BCUT2D eigenvalue weighted by Gasteiger charge is -2.30. The Labute approximate surface area is 319 Å². The molecule has 5 amide bonds. The lowest BCUT2D eigenvalue weighted by Crippen LogP contribution is -2.58. The van der Waals surface area contributed by atoms with Crippen molar-refractivity contribution in [2.45, 2.75) is 99.5 Å². The van der Waals surface area contributed by atoms with Gasteiger partial charge in [0, 0.05) is 41.9 Å². The van der Waals surface area contributed by atoms with Gasteiger partial charge in [-0.05, 0) is 81.5 Å². The molecule has 1 spiro atoms. The van der Waals surface area contributed by atoms with Gasteiger partial charge in [-0.25, -0.2) is 13.2 Å². The van der Waals surface area contributed by atoms with E-state index in [1.165, 1.54) is 11.1 Å². The number of hydrogen-bond acceptors (Lipinski definition) is 10. The highest BCUT2D eigenvalue weighted by molar-refractivity contribution is 7.91. The molecule has 4 fully saturated rings. The van der Waals surface area contributed by atoms with Gasteiger partial charge in [0.15, 0.2) is 0 Å². The second kappa shape index (κ2) is 14.6. The number of alkyl carbamates (subject to hydrolysis) is 1. The van der Waals surface area contributed by atoms with E-state index in [2.05, 4.69) is 25.7 Å². The third-order valence-electron chi connectivity index (χ3n) is 11.7. The van der Waals surface area contributed by atoms with Crippen LogP contribution in [0.2, 0.25) is 0 Å². The van der Waals surface area contributed by atoms with Crippen LogP contribution in [0.4, 0.5) is 4.79 Å². The third kappa shape index (κ3) is 8.05. The molecule has 2 aromatic rings. The molecule has 1 aromatic carbocycles. The number of amides is 5. The van der Waals surface area contributed by atoms with Gasteiger partial charge in [-0.1, -0.05) is 37.1 Å². The van der Waals surface area contributed by atoms with Crippen LogP contribution in [0.1, 0.15) is 81.0 Å². The first-order chi connectivity index (χ1) is 26.4. The van der Waals surface area contributed by atoms with Crippen LogP contribution in [0.25, 0.3) is 11.1 Å². The zero-order valence-corrected chi connectivity index (χ0v) is 31.3. The molecular weight excluding hydrogens is 729 g/mol. The van der Waals surface area contributed by atoms with Crippen LogP contribution in [0.3, 0.4) is 0 Å². The molecule has 5 atom stereocenters. The monoisotopic (exact) mass is 774 g/mol. The van der Waals surface area contributed by atoms with E-state index in [-0.39, 0.29) is 43.4 Å². The van der Waals surface area contributed by atoms with Gasteiger partial charge in [0.25, 0.3) is 11.8 Å². The zero-order valence-electron chi connectivity index (χ0n) is 30.5. The Kier molecular flexibility index (Phi) is 9.80. The summed E-state index contributed by atoms with van der Waals surface area (Å²) in [6.07, 6.45) is 11.9. The molecule has 16 heteroatoms. The minimum atomic E-state index is -3.91. The summed E-state index contributed by atoms with van der Waals surface area (Å²) < 4.78 is 39.7. The number of ether oxygens (including phenoxy) is 2. The Hall–Kier alpha value is -4.99. The van der Waals surface area contributed by atoms with Crippen LogP contribution in [-0.2, 0) is 29.1 Å². The van der Waals surface area contributed by atoms with Crippen LogP contribution in [0.5, 0.6) is 5.75 Å². The minimum absolute atomic E-state index is 0.00802. The number of sulfonamides is 1. The van der Waals surface area contributed by atoms with Crippen molar-refractivity contribution in [2.75, 3.05) is 19.8 Å². The van der Waals surface area contributed by atoms with Gasteiger partial charge < -0.3 is 30.3 Å². The highest BCUT2D eigenvalue weighted by Crippen LogP contribution is 2.47. The fourth-order valence-corrected chi connectivity index (χ4v) is 9.17. The number of benzene rings is 1. The first-order valence-corrected chi connectivity index (χ1v) is 20.8. The minimum Gasteiger partial charge on any atom is -0.493 e. The maximum atomic E-state index is 14.5. The number of nitrogens with one attached hydrogen (secondary N) is 4. The number of nitrogens with zero attached hydrogens (tertiary/aromatic N) is 2. The van der Waals surface area contributed by atoms with Crippen LogP contribution in [-0.4, -0.2) is 96.7 Å². The highest BCUT2D eigenvalue weighted by atomic mass is 32.2. The van der Waals surface area contributed by atoms with Crippen LogP contribution >= 0.6 is 0 Å². The molecule has 1 saturated heterocycles. The first-order valence-electron chi connectivity index (χ1n) is 19.2. The summed E-state index contributed by atoms with van der Waals surface area (Å²) in [4.78, 5) is 75.2. The van der Waals surface area contributed by atoms with Gasteiger partial charge in [-0.15, -0.1) is 0 Å². The molecule has 1 aromatic heterocycles. The summed E-state index contributed by atoms with van der Waals surface area (Å²) in [5.41, 5.74) is -0.142. The molecule has 4 N–H and O–H groups in total. The van der Waals surface area contributed by atoms with Crippen molar-refractivity contribution in [1.29, 1.82) is 0 Å². The standard InChI is InChI=1S/C39H46N6O9S/c46-33-26-15-25(19-40-20-26)24-7-6-9-29(16-24)53-22-38(13-14-38)23-54-37(50)42-31-10-5-3-1-2-4-8-27-18-39(27,36(49)44-55(51,52)30-11-12-30)43-34(47)32-17-28(41-33)21-45(32)35(31)48/h4,6-9,15-16,19-20,27-28,30-32H,1-3,5,10-14,17-18,21-23H2,(H,41,46)(H,42,50)(H,43,47)(H,44,49)/b8-4-/t27-,28-,31+,32+,39-/m1/s1. The molecule has 292 valence electrons. The van der Waals surface area contributed by atoms with Crippen molar-refractivity contribution in [3.8, 4) is 16.9 Å². The number of hydrogen-bond donors (Lipinski definition) is 4. The van der Waals surface area contributed by atoms with E-state index < -0.39 is 74.6 Å². The fourth-order valence-electron chi connectivity index (χ4n) is 7.81. The van der Waals surface area contributed by atoms with E-state index in [1.807, 2.05) is 36.4 Å². The molecule has 0 unspecified atom stereocenters. The molecule has 15 nitrogen and oxygen atoms in total. The molecule has 3 aliphatic carbocycles. The molecule has 8 rings (SSSR count). The molecule has 0 radical (unpaired) electrons. The van der Waals surface area contributed by atoms with E-state index in [4.69, 9.17) is 9.47 Å². The van der Waals surface area contributed by atoms with Crippen molar-refractivity contribution in [2.24, 2.45) is 11.3 Å². The normalized spacial score (nSPS) is 30.1. The smallest absolute Gasteiger partial charge is 0.407 e. The van der Waals surface area contributed by atoms with Crippen LogP contribution in [0.15, 0.2) is 54.9 Å². The van der Waals surface area contributed by atoms with Crippen molar-refractivity contribution in [3.05, 3.63) is 60.4 Å². The number of carbonyl (C=O) groups excluding carboxylic acids is 5. The Balaban J connectivity index is 1.11. The molecule has 3 aliphatic heterocycles. The van der Waals surface area contributed by atoms with Gasteiger partial charge in [0.2, 0.25) is 21.8 Å². The number of cyclic esters (lactones) is 1. The van der Waals surface area contributed by atoms with Gasteiger partial charge in [-0.3, -0.25) is 28.9 Å². The molecule has 4 heterocycles. The predicted molar refractivity (Wildman–Crippen MR) is 198 cm³/mol. The van der Waals surface area contributed by atoms with Gasteiger partial charge in [0.05, 0.1) is 17.4 Å². The molecular formula is C39H46N6O9S. The SMILES string of the molecule is O=C1N[C@H]2CCCCC/C=C\[C@@H]3C[C@@]3(C(=O)NS(=O)(=O)C3CC3)NC(=O)[C@@H]3C[C@H](CN3C2=O)NC(=O)c2cncc(c2)-c2cccc(c2)OCC2(CC2)CO1. The fraction of sp³-hybridized carbons (Fsp3) is 0.538. The predicted octanol–water partition coefficient (Wildman–Crippen LogP) is 2.72. The topological polar surface area (TPSA) is 202 Å². The molecule has 7 bridgehead atoms. The molecule has 3 saturated carbocycles. The summed E-state index contributed by atoms with van der Waals surface area (Å²) >= 11 is 0. The van der Waals surface area contributed by atoms with Gasteiger partial charge in [-0.2, -0.15) is 0 Å². The number of allylic oxidation sites excluding steroid dienone is 1. The summed E-state index contributed by atoms with van der Waals surface area (Å²) in [5.74, 6) is -2.28. The Morgan fingerprint density at radius 3 is 2.53 bits per heavy atom. The number of aromatic nitrogens is 1. The van der Waals surface area contributed by atoms with Crippen molar-refractivity contribution in [1.82, 2.24) is 30.6 Å². The highest BCUT2D eigenvalue weighted by Gasteiger charge is 2.62.